The highest BCUT2D eigenvalue weighted by Gasteiger charge is 2.16. The van der Waals surface area contributed by atoms with Gasteiger partial charge in [0.1, 0.15) is 17.2 Å². The Bertz CT molecular complexity index is 849. The topological polar surface area (TPSA) is 18.5 Å². The summed E-state index contributed by atoms with van der Waals surface area (Å²) in [6.45, 7) is 8.26. The summed E-state index contributed by atoms with van der Waals surface area (Å²) < 4.78 is 11.9. The van der Waals surface area contributed by atoms with Gasteiger partial charge in [0.2, 0.25) is 0 Å². The van der Waals surface area contributed by atoms with Crippen LogP contribution in [0.5, 0.6) is 17.2 Å². The van der Waals surface area contributed by atoms with E-state index < -0.39 is 0 Å². The Kier molecular flexibility index (Phi) is 5.62. The van der Waals surface area contributed by atoms with Gasteiger partial charge >= 0.3 is 0 Å². The van der Waals surface area contributed by atoms with Gasteiger partial charge in [-0.1, -0.05) is 56.3 Å². The lowest BCUT2D eigenvalue weighted by molar-refractivity contribution is 0.400. The predicted molar refractivity (Wildman–Crippen MR) is 107 cm³/mol. The zero-order chi connectivity index (χ0) is 18.5. The minimum Gasteiger partial charge on any atom is -0.496 e. The Labute approximate surface area is 156 Å². The van der Waals surface area contributed by atoms with Crippen LogP contribution in [0, 0.1) is 6.92 Å². The van der Waals surface area contributed by atoms with Crippen LogP contribution in [0.3, 0.4) is 0 Å². The van der Waals surface area contributed by atoms with Crippen molar-refractivity contribution in [2.75, 3.05) is 7.11 Å². The average Bonchev–Trinajstić information content (AvgIpc) is 2.64. The average molecular weight is 345 g/mol. The number of hydrogen-bond acceptors (Lipinski definition) is 2. The molecule has 0 saturated heterocycles. The minimum atomic E-state index is 0.338. The van der Waals surface area contributed by atoms with Gasteiger partial charge in [0, 0.05) is 17.5 Å². The molecule has 0 N–H and O–H groups in total. The van der Waals surface area contributed by atoms with Crippen molar-refractivity contribution >= 4 is 0 Å². The number of ether oxygens (including phenoxy) is 2. The molecule has 2 nitrogen and oxygen atoms in total. The van der Waals surface area contributed by atoms with Gasteiger partial charge in [-0.2, -0.15) is 0 Å². The molecule has 0 aliphatic heterocycles. The Balaban J connectivity index is 2.00. The maximum Gasteiger partial charge on any atom is 0.128 e. The first kappa shape index (κ1) is 18.1. The van der Waals surface area contributed by atoms with E-state index in [2.05, 4.69) is 57.2 Å². The first-order valence-corrected chi connectivity index (χ1v) is 8.91. The summed E-state index contributed by atoms with van der Waals surface area (Å²) in [4.78, 5) is 0. The van der Waals surface area contributed by atoms with Crippen LogP contribution in [0.1, 0.15) is 42.0 Å². The van der Waals surface area contributed by atoms with Crippen molar-refractivity contribution < 1.29 is 9.47 Å². The van der Waals surface area contributed by atoms with Crippen LogP contribution in [0.4, 0.5) is 0 Å². The number of rotatable bonds is 6. The molecule has 0 bridgehead atoms. The molecule has 0 aromatic heterocycles. The standard InChI is InChI=1S/C24H25O2/c1-17(2)23-16-22(26-21-12-10-18(3)11-13-21)15-20(24(23)25-4)14-19-8-6-5-7-9-19/h5-13,15-17H,3,14H2,1-2,4H3. The van der Waals surface area contributed by atoms with Crippen molar-refractivity contribution in [3.63, 3.8) is 0 Å². The zero-order valence-electron chi connectivity index (χ0n) is 15.7. The second kappa shape index (κ2) is 8.09. The van der Waals surface area contributed by atoms with E-state index in [1.54, 1.807) is 7.11 Å². The molecule has 0 spiro atoms. The van der Waals surface area contributed by atoms with Crippen molar-refractivity contribution in [2.24, 2.45) is 0 Å². The molecule has 0 heterocycles. The van der Waals surface area contributed by atoms with Crippen LogP contribution >= 0.6 is 0 Å². The van der Waals surface area contributed by atoms with Gasteiger partial charge in [-0.05, 0) is 48.2 Å². The Morgan fingerprint density at radius 3 is 2.19 bits per heavy atom. The van der Waals surface area contributed by atoms with Crippen molar-refractivity contribution in [2.45, 2.75) is 26.2 Å². The van der Waals surface area contributed by atoms with Gasteiger partial charge < -0.3 is 9.47 Å². The molecule has 2 heteroatoms. The summed E-state index contributed by atoms with van der Waals surface area (Å²) in [7, 11) is 1.74. The molecule has 0 amide bonds. The van der Waals surface area contributed by atoms with Crippen LogP contribution in [0.2, 0.25) is 0 Å². The third-order valence-corrected chi connectivity index (χ3v) is 4.39. The SMILES string of the molecule is [CH2]c1ccc(Oc2cc(Cc3ccccc3)c(OC)c(C(C)C)c2)cc1. The molecule has 3 aromatic carbocycles. The first-order valence-electron chi connectivity index (χ1n) is 8.91. The van der Waals surface area contributed by atoms with E-state index in [1.807, 2.05) is 30.3 Å². The van der Waals surface area contributed by atoms with Gasteiger partial charge in [0.15, 0.2) is 0 Å². The van der Waals surface area contributed by atoms with Crippen molar-refractivity contribution in [3.8, 4) is 17.2 Å². The fraction of sp³-hybridized carbons (Fsp3) is 0.208. The Hall–Kier alpha value is -2.74. The predicted octanol–water partition coefficient (Wildman–Crippen LogP) is 6.38. The van der Waals surface area contributed by atoms with E-state index >= 15 is 0 Å². The molecule has 0 unspecified atom stereocenters. The molecule has 0 atom stereocenters. The van der Waals surface area contributed by atoms with E-state index in [9.17, 15) is 0 Å². The summed E-state index contributed by atoms with van der Waals surface area (Å²) in [5.41, 5.74) is 4.51. The van der Waals surface area contributed by atoms with E-state index in [4.69, 9.17) is 9.47 Å². The van der Waals surface area contributed by atoms with E-state index in [0.717, 1.165) is 40.4 Å². The van der Waals surface area contributed by atoms with Crippen LogP contribution < -0.4 is 9.47 Å². The maximum atomic E-state index is 6.12. The van der Waals surface area contributed by atoms with Crippen molar-refractivity contribution in [3.05, 3.63) is 95.9 Å². The summed E-state index contributed by atoms with van der Waals surface area (Å²) in [6.07, 6.45) is 0.804. The number of benzene rings is 3. The van der Waals surface area contributed by atoms with Gasteiger partial charge in [0.05, 0.1) is 7.11 Å². The van der Waals surface area contributed by atoms with Crippen LogP contribution in [-0.2, 0) is 6.42 Å². The van der Waals surface area contributed by atoms with E-state index in [1.165, 1.54) is 5.56 Å². The summed E-state index contributed by atoms with van der Waals surface area (Å²) in [5.74, 6) is 2.93. The normalized spacial score (nSPS) is 10.8. The van der Waals surface area contributed by atoms with Gasteiger partial charge in [-0.15, -0.1) is 0 Å². The fourth-order valence-electron chi connectivity index (χ4n) is 3.06. The molecule has 26 heavy (non-hydrogen) atoms. The summed E-state index contributed by atoms with van der Waals surface area (Å²) in [6, 6.07) is 22.4. The van der Waals surface area contributed by atoms with Gasteiger partial charge in [-0.3, -0.25) is 0 Å². The highest BCUT2D eigenvalue weighted by molar-refractivity contribution is 5.51. The first-order chi connectivity index (χ1) is 12.6. The zero-order valence-corrected chi connectivity index (χ0v) is 15.7. The molecule has 3 rings (SSSR count). The van der Waals surface area contributed by atoms with E-state index in [0.29, 0.717) is 5.92 Å². The van der Waals surface area contributed by atoms with Crippen LogP contribution in [0.25, 0.3) is 0 Å². The number of methoxy groups -OCH3 is 1. The van der Waals surface area contributed by atoms with Gasteiger partial charge in [-0.25, -0.2) is 0 Å². The fourth-order valence-corrected chi connectivity index (χ4v) is 3.06. The summed E-state index contributed by atoms with van der Waals surface area (Å²) >= 11 is 0. The molecule has 0 fully saturated rings. The molecule has 0 aliphatic rings. The van der Waals surface area contributed by atoms with Crippen molar-refractivity contribution in [1.29, 1.82) is 0 Å². The smallest absolute Gasteiger partial charge is 0.128 e. The molecule has 0 saturated carbocycles. The van der Waals surface area contributed by atoms with E-state index in [-0.39, 0.29) is 0 Å². The molecular weight excluding hydrogens is 320 g/mol. The lowest BCUT2D eigenvalue weighted by Gasteiger charge is -2.19. The third-order valence-electron chi connectivity index (χ3n) is 4.39. The summed E-state index contributed by atoms with van der Waals surface area (Å²) in [5, 5.41) is 0. The Morgan fingerprint density at radius 1 is 0.885 bits per heavy atom. The minimum absolute atomic E-state index is 0.338. The lowest BCUT2D eigenvalue weighted by atomic mass is 9.95. The van der Waals surface area contributed by atoms with Crippen molar-refractivity contribution in [1.82, 2.24) is 0 Å². The molecule has 133 valence electrons. The van der Waals surface area contributed by atoms with Gasteiger partial charge in [0.25, 0.3) is 0 Å². The Morgan fingerprint density at radius 2 is 1.58 bits per heavy atom. The third kappa shape index (κ3) is 4.26. The molecular formula is C24H25O2. The monoisotopic (exact) mass is 345 g/mol. The molecule has 3 aromatic rings. The van der Waals surface area contributed by atoms with Crippen LogP contribution in [-0.4, -0.2) is 7.11 Å². The maximum absolute atomic E-state index is 6.12. The molecule has 0 aliphatic carbocycles. The second-order valence-corrected chi connectivity index (χ2v) is 6.77. The highest BCUT2D eigenvalue weighted by atomic mass is 16.5. The lowest BCUT2D eigenvalue weighted by Crippen LogP contribution is -2.01. The highest BCUT2D eigenvalue weighted by Crippen LogP contribution is 2.37. The quantitative estimate of drug-likeness (QED) is 0.516. The second-order valence-electron chi connectivity index (χ2n) is 6.77. The number of hydrogen-bond donors (Lipinski definition) is 0. The van der Waals surface area contributed by atoms with Crippen LogP contribution in [0.15, 0.2) is 66.7 Å². The molecule has 1 radical (unpaired) electrons. The largest absolute Gasteiger partial charge is 0.496 e.